The van der Waals surface area contributed by atoms with Crippen LogP contribution in [0.1, 0.15) is 36.5 Å². The first-order valence-electron chi connectivity index (χ1n) is 12.1. The number of methoxy groups -OCH3 is 1. The molecule has 0 saturated heterocycles. The van der Waals surface area contributed by atoms with Crippen molar-refractivity contribution in [2.75, 3.05) is 33.5 Å². The van der Waals surface area contributed by atoms with E-state index in [-0.39, 0.29) is 31.8 Å². The second-order valence-electron chi connectivity index (χ2n) is 8.20. The number of ether oxygens (including phenoxy) is 6. The fourth-order valence-electron chi connectivity index (χ4n) is 2.85. The highest BCUT2D eigenvalue weighted by atomic mass is 16.6. The second-order valence-corrected chi connectivity index (χ2v) is 8.20. The molecule has 0 unspecified atom stereocenters. The highest BCUT2D eigenvalue weighted by Crippen LogP contribution is 2.20. The monoisotopic (exact) mass is 540 g/mol. The summed E-state index contributed by atoms with van der Waals surface area (Å²) in [5.41, 5.74) is 0.707. The molecule has 0 aliphatic carbocycles. The van der Waals surface area contributed by atoms with Crippen LogP contribution < -0.4 is 14.2 Å². The Morgan fingerprint density at radius 3 is 1.85 bits per heavy atom. The van der Waals surface area contributed by atoms with Crippen molar-refractivity contribution in [3.05, 3.63) is 78.4 Å². The molecule has 10 nitrogen and oxygen atoms in total. The Bertz CT molecular complexity index is 1150. The van der Waals surface area contributed by atoms with Gasteiger partial charge in [-0.05, 0) is 68.3 Å². The van der Waals surface area contributed by atoms with Crippen molar-refractivity contribution in [2.24, 2.45) is 0 Å². The summed E-state index contributed by atoms with van der Waals surface area (Å²) in [5, 5.41) is 0. The van der Waals surface area contributed by atoms with Crippen molar-refractivity contribution in [1.29, 1.82) is 0 Å². The minimum atomic E-state index is -0.633. The molecule has 2 rings (SSSR count). The van der Waals surface area contributed by atoms with E-state index in [2.05, 4.69) is 17.9 Å². The number of esters is 4. The maximum Gasteiger partial charge on any atom is 0.343 e. The summed E-state index contributed by atoms with van der Waals surface area (Å²) in [7, 11) is 1.23. The lowest BCUT2D eigenvalue weighted by Gasteiger charge is -2.09. The van der Waals surface area contributed by atoms with Crippen molar-refractivity contribution in [2.45, 2.75) is 26.2 Å². The van der Waals surface area contributed by atoms with Crippen molar-refractivity contribution >= 4 is 23.9 Å². The second kappa shape index (κ2) is 16.3. The molecule has 10 heteroatoms. The van der Waals surface area contributed by atoms with Crippen LogP contribution in [0.5, 0.6) is 17.2 Å². The molecule has 2 aromatic carbocycles. The van der Waals surface area contributed by atoms with E-state index in [0.717, 1.165) is 0 Å². The van der Waals surface area contributed by atoms with Gasteiger partial charge >= 0.3 is 23.9 Å². The number of unbranched alkanes of at least 4 members (excludes halogenated alkanes) is 1. The molecule has 208 valence electrons. The Morgan fingerprint density at radius 1 is 0.692 bits per heavy atom. The highest BCUT2D eigenvalue weighted by Gasteiger charge is 2.13. The third-order valence-corrected chi connectivity index (χ3v) is 4.97. The molecule has 0 bridgehead atoms. The van der Waals surface area contributed by atoms with Gasteiger partial charge in [-0.3, -0.25) is 4.79 Å². The Kier molecular flexibility index (Phi) is 12.8. The summed E-state index contributed by atoms with van der Waals surface area (Å²) in [6, 6.07) is 13.0. The van der Waals surface area contributed by atoms with E-state index in [1.807, 2.05) is 0 Å². The minimum Gasteiger partial charge on any atom is -0.494 e. The van der Waals surface area contributed by atoms with E-state index in [9.17, 15) is 19.2 Å². The topological polar surface area (TPSA) is 124 Å². The minimum absolute atomic E-state index is 0.0403. The third kappa shape index (κ3) is 11.5. The van der Waals surface area contributed by atoms with Crippen LogP contribution in [0.4, 0.5) is 0 Å². The van der Waals surface area contributed by atoms with Crippen molar-refractivity contribution in [1.82, 2.24) is 0 Å². The summed E-state index contributed by atoms with van der Waals surface area (Å²) in [6.07, 6.45) is 0.981. The van der Waals surface area contributed by atoms with Crippen molar-refractivity contribution in [3.8, 4) is 17.2 Å². The van der Waals surface area contributed by atoms with E-state index in [0.29, 0.717) is 47.8 Å². The maximum atomic E-state index is 12.4. The van der Waals surface area contributed by atoms with Gasteiger partial charge in [0.15, 0.2) is 0 Å². The molecule has 2 aromatic rings. The first-order valence-corrected chi connectivity index (χ1v) is 12.1. The summed E-state index contributed by atoms with van der Waals surface area (Å²) in [4.78, 5) is 46.6. The number of hydrogen-bond acceptors (Lipinski definition) is 10. The molecule has 0 atom stereocenters. The molecule has 0 heterocycles. The number of rotatable bonds is 16. The number of carbonyl (C=O) groups is 4. The normalized spacial score (nSPS) is 10.1. The Morgan fingerprint density at radius 2 is 1.23 bits per heavy atom. The number of hydrogen-bond donors (Lipinski definition) is 0. The van der Waals surface area contributed by atoms with Crippen LogP contribution in [-0.2, 0) is 28.6 Å². The molecular weight excluding hydrogens is 508 g/mol. The summed E-state index contributed by atoms with van der Waals surface area (Å²) in [6.45, 7) is 9.40. The van der Waals surface area contributed by atoms with Gasteiger partial charge in [0.2, 0.25) is 0 Å². The standard InChI is InChI=1S/C29H32O10/c1-20(2)27(31)38-18-17-36-24-11-13-25(14-12-24)39-29(33)22-7-9-23(10-8-22)35-15-5-6-16-37-28(32)21(3)19-26(30)34-4/h7-14H,1,3,5-6,15-19H2,2,4H3. The first-order chi connectivity index (χ1) is 18.7. The molecule has 0 saturated carbocycles. The summed E-state index contributed by atoms with van der Waals surface area (Å²) in [5.74, 6) is -0.740. The zero-order valence-electron chi connectivity index (χ0n) is 22.1. The largest absolute Gasteiger partial charge is 0.494 e. The van der Waals surface area contributed by atoms with Gasteiger partial charge in [-0.25, -0.2) is 14.4 Å². The molecule has 0 spiro atoms. The van der Waals surface area contributed by atoms with Crippen LogP contribution in [0.2, 0.25) is 0 Å². The van der Waals surface area contributed by atoms with Crippen LogP contribution in [0.15, 0.2) is 72.8 Å². The van der Waals surface area contributed by atoms with Gasteiger partial charge in [0, 0.05) is 11.1 Å². The third-order valence-electron chi connectivity index (χ3n) is 4.97. The molecule has 0 aromatic heterocycles. The molecule has 0 fully saturated rings. The molecule has 0 aliphatic rings. The van der Waals surface area contributed by atoms with Gasteiger partial charge < -0.3 is 28.4 Å². The van der Waals surface area contributed by atoms with Gasteiger partial charge in [0.25, 0.3) is 0 Å². The zero-order chi connectivity index (χ0) is 28.6. The highest BCUT2D eigenvalue weighted by molar-refractivity contribution is 5.93. The van der Waals surface area contributed by atoms with Crippen LogP contribution >= 0.6 is 0 Å². The van der Waals surface area contributed by atoms with E-state index in [1.165, 1.54) is 7.11 Å². The maximum absolute atomic E-state index is 12.4. The van der Waals surface area contributed by atoms with Crippen LogP contribution in [0, 0.1) is 0 Å². The van der Waals surface area contributed by atoms with E-state index in [1.54, 1.807) is 55.5 Å². The fourth-order valence-corrected chi connectivity index (χ4v) is 2.85. The van der Waals surface area contributed by atoms with Gasteiger partial charge in [-0.1, -0.05) is 13.2 Å². The van der Waals surface area contributed by atoms with Crippen LogP contribution in [-0.4, -0.2) is 57.4 Å². The van der Waals surface area contributed by atoms with E-state index >= 15 is 0 Å². The zero-order valence-corrected chi connectivity index (χ0v) is 22.1. The van der Waals surface area contributed by atoms with E-state index in [4.69, 9.17) is 23.7 Å². The Balaban J connectivity index is 1.66. The average molecular weight is 541 g/mol. The lowest BCUT2D eigenvalue weighted by Crippen LogP contribution is -2.13. The predicted molar refractivity (Wildman–Crippen MR) is 141 cm³/mol. The van der Waals surface area contributed by atoms with Gasteiger partial charge in [-0.15, -0.1) is 0 Å². The van der Waals surface area contributed by atoms with Gasteiger partial charge in [0.05, 0.1) is 32.3 Å². The predicted octanol–water partition coefficient (Wildman–Crippen LogP) is 4.23. The van der Waals surface area contributed by atoms with Crippen molar-refractivity contribution in [3.63, 3.8) is 0 Å². The lowest BCUT2D eigenvalue weighted by atomic mass is 10.2. The van der Waals surface area contributed by atoms with Gasteiger partial charge in [0.1, 0.15) is 30.5 Å². The summed E-state index contributed by atoms with van der Waals surface area (Å²) >= 11 is 0. The van der Waals surface area contributed by atoms with Crippen LogP contribution in [0.25, 0.3) is 0 Å². The van der Waals surface area contributed by atoms with Crippen LogP contribution in [0.3, 0.4) is 0 Å². The molecule has 0 aliphatic heterocycles. The van der Waals surface area contributed by atoms with Crippen molar-refractivity contribution < 1.29 is 47.6 Å². The van der Waals surface area contributed by atoms with Gasteiger partial charge in [-0.2, -0.15) is 0 Å². The number of carbonyl (C=O) groups excluding carboxylic acids is 4. The Labute approximate surface area is 227 Å². The smallest absolute Gasteiger partial charge is 0.343 e. The molecule has 0 N–H and O–H groups in total. The fraction of sp³-hybridized carbons (Fsp3) is 0.310. The number of benzene rings is 2. The Hall–Kier alpha value is -4.60. The molecule has 0 amide bonds. The summed E-state index contributed by atoms with van der Waals surface area (Å²) < 4.78 is 31.0. The average Bonchev–Trinajstić information content (AvgIpc) is 2.93. The lowest BCUT2D eigenvalue weighted by molar-refractivity contribution is -0.144. The molecular formula is C29H32O10. The molecule has 0 radical (unpaired) electrons. The van der Waals surface area contributed by atoms with E-state index < -0.39 is 23.9 Å². The molecule has 39 heavy (non-hydrogen) atoms. The first kappa shape index (κ1) is 30.6. The SMILES string of the molecule is C=C(C)C(=O)OCCOc1ccc(OC(=O)c2ccc(OCCCCOC(=O)C(=C)CC(=O)OC)cc2)cc1. The quantitative estimate of drug-likeness (QED) is 0.100.